The minimum atomic E-state index is -0.229. The van der Waals surface area contributed by atoms with Crippen molar-refractivity contribution < 1.29 is 9.53 Å². The molecule has 0 aliphatic carbocycles. The second-order valence-corrected chi connectivity index (χ2v) is 4.43. The van der Waals surface area contributed by atoms with Gasteiger partial charge in [-0.05, 0) is 29.5 Å². The highest BCUT2D eigenvalue weighted by Gasteiger charge is 1.99. The lowest BCUT2D eigenvalue weighted by Gasteiger charge is -2.06. The van der Waals surface area contributed by atoms with Gasteiger partial charge < -0.3 is 4.74 Å². The van der Waals surface area contributed by atoms with E-state index in [0.717, 1.165) is 18.4 Å². The Bertz CT molecular complexity index is 402. The van der Waals surface area contributed by atoms with Gasteiger partial charge in [-0.1, -0.05) is 50.6 Å². The van der Waals surface area contributed by atoms with Crippen LogP contribution in [-0.4, -0.2) is 12.6 Å². The molecule has 0 aliphatic heterocycles. The second-order valence-electron chi connectivity index (χ2n) is 4.43. The van der Waals surface area contributed by atoms with Gasteiger partial charge in [0, 0.05) is 6.92 Å². The maximum Gasteiger partial charge on any atom is 0.302 e. The summed E-state index contributed by atoms with van der Waals surface area (Å²) in [6.07, 6.45) is 5.28. The molecular formula is C16H22O2. The standard InChI is InChI=1S/C16H22O2/c1-4-6-15-7-9-16(10-8-15)11-14(5-2)12-18-13(3)17/h7-11H,4-6,12H2,1-3H3/b14-11+. The number of ether oxygens (including phenoxy) is 1. The van der Waals surface area contributed by atoms with Crippen LogP contribution < -0.4 is 0 Å². The van der Waals surface area contributed by atoms with Crippen LogP contribution in [0, 0.1) is 0 Å². The molecule has 0 amide bonds. The highest BCUT2D eigenvalue weighted by atomic mass is 16.5. The zero-order valence-electron chi connectivity index (χ0n) is 11.5. The summed E-state index contributed by atoms with van der Waals surface area (Å²) in [5.41, 5.74) is 3.67. The first-order chi connectivity index (χ1) is 8.65. The van der Waals surface area contributed by atoms with E-state index in [0.29, 0.717) is 6.61 Å². The van der Waals surface area contributed by atoms with Crippen LogP contribution in [0.1, 0.15) is 44.7 Å². The molecule has 0 N–H and O–H groups in total. The van der Waals surface area contributed by atoms with E-state index in [1.165, 1.54) is 24.5 Å². The van der Waals surface area contributed by atoms with Gasteiger partial charge in [0.25, 0.3) is 0 Å². The van der Waals surface area contributed by atoms with Crippen LogP contribution >= 0.6 is 0 Å². The van der Waals surface area contributed by atoms with Crippen LogP contribution in [0.15, 0.2) is 29.8 Å². The average molecular weight is 246 g/mol. The van der Waals surface area contributed by atoms with Gasteiger partial charge in [-0.25, -0.2) is 0 Å². The normalized spacial score (nSPS) is 11.4. The Morgan fingerprint density at radius 2 is 1.89 bits per heavy atom. The Kier molecular flexibility index (Phi) is 6.20. The van der Waals surface area contributed by atoms with E-state index in [4.69, 9.17) is 4.74 Å². The predicted octanol–water partition coefficient (Wildman–Crippen LogP) is 4.00. The summed E-state index contributed by atoms with van der Waals surface area (Å²) in [7, 11) is 0. The maximum atomic E-state index is 10.8. The zero-order valence-corrected chi connectivity index (χ0v) is 11.5. The van der Waals surface area contributed by atoms with Gasteiger partial charge in [0.15, 0.2) is 0 Å². The van der Waals surface area contributed by atoms with Crippen molar-refractivity contribution in [1.82, 2.24) is 0 Å². The molecule has 0 unspecified atom stereocenters. The molecule has 2 heteroatoms. The molecule has 0 spiro atoms. The molecule has 0 saturated carbocycles. The molecule has 2 nitrogen and oxygen atoms in total. The Hall–Kier alpha value is -1.57. The van der Waals surface area contributed by atoms with Crippen molar-refractivity contribution in [3.05, 3.63) is 41.0 Å². The summed E-state index contributed by atoms with van der Waals surface area (Å²) in [4.78, 5) is 10.8. The first-order valence-electron chi connectivity index (χ1n) is 6.57. The summed E-state index contributed by atoms with van der Waals surface area (Å²) < 4.78 is 5.02. The number of benzene rings is 1. The molecule has 0 aromatic heterocycles. The van der Waals surface area contributed by atoms with Crippen molar-refractivity contribution >= 4 is 12.0 Å². The van der Waals surface area contributed by atoms with Crippen molar-refractivity contribution in [2.75, 3.05) is 6.61 Å². The van der Waals surface area contributed by atoms with Gasteiger partial charge in [-0.2, -0.15) is 0 Å². The fraction of sp³-hybridized carbons (Fsp3) is 0.438. The highest BCUT2D eigenvalue weighted by Crippen LogP contribution is 2.12. The summed E-state index contributed by atoms with van der Waals surface area (Å²) in [5, 5.41) is 0. The fourth-order valence-corrected chi connectivity index (χ4v) is 1.75. The molecule has 0 atom stereocenters. The monoisotopic (exact) mass is 246 g/mol. The first-order valence-corrected chi connectivity index (χ1v) is 6.57. The third-order valence-electron chi connectivity index (χ3n) is 2.80. The fourth-order valence-electron chi connectivity index (χ4n) is 1.75. The van der Waals surface area contributed by atoms with Crippen molar-refractivity contribution in [2.24, 2.45) is 0 Å². The topological polar surface area (TPSA) is 26.3 Å². The van der Waals surface area contributed by atoms with Gasteiger partial charge in [0.05, 0.1) is 0 Å². The van der Waals surface area contributed by atoms with Gasteiger partial charge in [-0.3, -0.25) is 4.79 Å². The number of rotatable bonds is 6. The summed E-state index contributed by atoms with van der Waals surface area (Å²) >= 11 is 0. The molecule has 18 heavy (non-hydrogen) atoms. The predicted molar refractivity (Wildman–Crippen MR) is 75.3 cm³/mol. The average Bonchev–Trinajstić information content (AvgIpc) is 2.36. The maximum absolute atomic E-state index is 10.8. The molecule has 0 bridgehead atoms. The summed E-state index contributed by atoms with van der Waals surface area (Å²) in [6, 6.07) is 8.56. The molecule has 0 radical (unpaired) electrons. The molecule has 0 heterocycles. The van der Waals surface area contributed by atoms with Crippen molar-refractivity contribution in [3.63, 3.8) is 0 Å². The Balaban J connectivity index is 2.69. The van der Waals surface area contributed by atoms with Crippen molar-refractivity contribution in [2.45, 2.75) is 40.0 Å². The highest BCUT2D eigenvalue weighted by molar-refractivity contribution is 5.66. The van der Waals surface area contributed by atoms with E-state index in [9.17, 15) is 4.79 Å². The molecule has 98 valence electrons. The summed E-state index contributed by atoms with van der Waals surface area (Å²) in [6.45, 7) is 6.08. The molecule has 0 saturated heterocycles. The number of carbonyl (C=O) groups is 1. The lowest BCUT2D eigenvalue weighted by Crippen LogP contribution is -2.02. The van der Waals surface area contributed by atoms with E-state index in [1.807, 2.05) is 0 Å². The third kappa shape index (κ3) is 5.17. The SMILES string of the molecule is CCCc1ccc(/C=C(\CC)COC(C)=O)cc1. The van der Waals surface area contributed by atoms with E-state index < -0.39 is 0 Å². The quantitative estimate of drug-likeness (QED) is 0.709. The lowest BCUT2D eigenvalue weighted by atomic mass is 10.1. The number of aryl methyl sites for hydroxylation is 1. The van der Waals surface area contributed by atoms with Gasteiger partial charge >= 0.3 is 5.97 Å². The minimum absolute atomic E-state index is 0.229. The molecule has 1 aromatic carbocycles. The molecule has 0 aliphatic rings. The zero-order chi connectivity index (χ0) is 13.4. The largest absolute Gasteiger partial charge is 0.461 e. The van der Waals surface area contributed by atoms with Gasteiger partial charge in [0.2, 0.25) is 0 Å². The molecular weight excluding hydrogens is 224 g/mol. The van der Waals surface area contributed by atoms with Crippen LogP contribution in [0.25, 0.3) is 6.08 Å². The second kappa shape index (κ2) is 7.70. The van der Waals surface area contributed by atoms with Gasteiger partial charge in [-0.15, -0.1) is 0 Å². The Labute approximate surface area is 110 Å². The molecule has 0 fully saturated rings. The number of hydrogen-bond donors (Lipinski definition) is 0. The van der Waals surface area contributed by atoms with E-state index >= 15 is 0 Å². The smallest absolute Gasteiger partial charge is 0.302 e. The van der Waals surface area contributed by atoms with Crippen LogP contribution in [0.2, 0.25) is 0 Å². The minimum Gasteiger partial charge on any atom is -0.461 e. The number of hydrogen-bond acceptors (Lipinski definition) is 2. The molecule has 1 aromatic rings. The van der Waals surface area contributed by atoms with E-state index in [1.54, 1.807) is 0 Å². The number of esters is 1. The molecule has 1 rings (SSSR count). The van der Waals surface area contributed by atoms with E-state index in [-0.39, 0.29) is 5.97 Å². The third-order valence-corrected chi connectivity index (χ3v) is 2.80. The van der Waals surface area contributed by atoms with Gasteiger partial charge in [0.1, 0.15) is 6.61 Å². The lowest BCUT2D eigenvalue weighted by molar-refractivity contribution is -0.139. The number of carbonyl (C=O) groups excluding carboxylic acids is 1. The first kappa shape index (κ1) is 14.5. The van der Waals surface area contributed by atoms with Crippen LogP contribution in [0.3, 0.4) is 0 Å². The van der Waals surface area contributed by atoms with Crippen LogP contribution in [0.5, 0.6) is 0 Å². The van der Waals surface area contributed by atoms with Crippen LogP contribution in [0.4, 0.5) is 0 Å². The van der Waals surface area contributed by atoms with Crippen molar-refractivity contribution in [1.29, 1.82) is 0 Å². The van der Waals surface area contributed by atoms with Crippen LogP contribution in [-0.2, 0) is 16.0 Å². The van der Waals surface area contributed by atoms with Crippen molar-refractivity contribution in [3.8, 4) is 0 Å². The summed E-state index contributed by atoms with van der Waals surface area (Å²) in [5.74, 6) is -0.229. The Morgan fingerprint density at radius 3 is 2.39 bits per heavy atom. The van der Waals surface area contributed by atoms with E-state index in [2.05, 4.69) is 44.2 Å². The Morgan fingerprint density at radius 1 is 1.22 bits per heavy atom.